The number of ether oxygens (including phenoxy) is 1. The minimum Gasteiger partial charge on any atom is -0.494 e. The standard InChI is InChI=1S/C29H26F5N3O4/c1-14-9-16-10-17(11-20(41-4)23(16)37-25(14)32)26(38)35-13-29(40,27(33)34)21-12-19(28(2,3)39)22(31)24(36-21)15-5-7-18(30)8-6-15/h5-12,27,39-40H,13H2,1-4H3,(H,35,38)/t29-/m0/s1. The van der Waals surface area contributed by atoms with E-state index in [4.69, 9.17) is 4.74 Å². The number of fused-ring (bicyclic) bond motifs is 1. The third-order valence-corrected chi connectivity index (χ3v) is 6.55. The van der Waals surface area contributed by atoms with Gasteiger partial charge in [0.15, 0.2) is 11.4 Å². The highest BCUT2D eigenvalue weighted by molar-refractivity contribution is 6.00. The molecular formula is C29H26F5N3O4. The maximum absolute atomic E-state index is 15.4. The lowest BCUT2D eigenvalue weighted by atomic mass is 9.90. The largest absolute Gasteiger partial charge is 0.494 e. The first-order chi connectivity index (χ1) is 19.1. The predicted molar refractivity (Wildman–Crippen MR) is 140 cm³/mol. The van der Waals surface area contributed by atoms with E-state index in [2.05, 4.69) is 15.3 Å². The fourth-order valence-corrected chi connectivity index (χ4v) is 4.22. The lowest BCUT2D eigenvalue weighted by Crippen LogP contribution is -2.47. The van der Waals surface area contributed by atoms with Crippen molar-refractivity contribution in [1.82, 2.24) is 15.3 Å². The number of hydrogen-bond acceptors (Lipinski definition) is 6. The van der Waals surface area contributed by atoms with Gasteiger partial charge in [0.25, 0.3) is 12.3 Å². The average molecular weight is 576 g/mol. The third-order valence-electron chi connectivity index (χ3n) is 6.55. The van der Waals surface area contributed by atoms with E-state index >= 15 is 4.39 Å². The first kappa shape index (κ1) is 29.8. The summed E-state index contributed by atoms with van der Waals surface area (Å²) in [5, 5.41) is 24.3. The van der Waals surface area contributed by atoms with Gasteiger partial charge in [0.1, 0.15) is 22.8 Å². The van der Waals surface area contributed by atoms with E-state index in [1.807, 2.05) is 0 Å². The lowest BCUT2D eigenvalue weighted by Gasteiger charge is -2.30. The quantitative estimate of drug-likeness (QED) is 0.199. The van der Waals surface area contributed by atoms with Crippen LogP contribution in [-0.2, 0) is 11.2 Å². The number of halogens is 5. The molecule has 2 heterocycles. The molecule has 2 aromatic carbocycles. The average Bonchev–Trinajstić information content (AvgIpc) is 2.91. The van der Waals surface area contributed by atoms with Crippen LogP contribution in [0.2, 0.25) is 0 Å². The van der Waals surface area contributed by atoms with Gasteiger partial charge in [0, 0.05) is 27.6 Å². The summed E-state index contributed by atoms with van der Waals surface area (Å²) in [4.78, 5) is 20.8. The molecule has 3 N–H and O–H groups in total. The minimum atomic E-state index is -3.53. The van der Waals surface area contributed by atoms with E-state index in [1.165, 1.54) is 46.1 Å². The molecule has 1 amide bonds. The van der Waals surface area contributed by atoms with Crippen LogP contribution in [0.15, 0.2) is 48.5 Å². The molecule has 1 atom stereocenters. The first-order valence-electron chi connectivity index (χ1n) is 12.3. The van der Waals surface area contributed by atoms with Gasteiger partial charge >= 0.3 is 0 Å². The van der Waals surface area contributed by atoms with Crippen LogP contribution >= 0.6 is 0 Å². The maximum atomic E-state index is 15.4. The highest BCUT2D eigenvalue weighted by atomic mass is 19.3. The number of aryl methyl sites for hydroxylation is 1. The molecular weight excluding hydrogens is 549 g/mol. The van der Waals surface area contributed by atoms with Gasteiger partial charge in [-0.1, -0.05) is 0 Å². The summed E-state index contributed by atoms with van der Waals surface area (Å²) < 4.78 is 77.0. The molecule has 7 nitrogen and oxygen atoms in total. The molecule has 0 bridgehead atoms. The highest BCUT2D eigenvalue weighted by Crippen LogP contribution is 2.36. The van der Waals surface area contributed by atoms with Crippen molar-refractivity contribution < 1.29 is 41.7 Å². The van der Waals surface area contributed by atoms with Crippen molar-refractivity contribution in [1.29, 1.82) is 0 Å². The molecule has 0 saturated heterocycles. The van der Waals surface area contributed by atoms with Crippen LogP contribution in [-0.4, -0.2) is 46.2 Å². The number of amides is 1. The molecule has 0 unspecified atom stereocenters. The van der Waals surface area contributed by atoms with Crippen molar-refractivity contribution in [3.05, 3.63) is 88.5 Å². The summed E-state index contributed by atoms with van der Waals surface area (Å²) in [7, 11) is 1.28. The van der Waals surface area contributed by atoms with Crippen LogP contribution in [0.1, 0.15) is 41.0 Å². The molecule has 2 aromatic heterocycles. The number of pyridine rings is 2. The fraction of sp³-hybridized carbons (Fsp3) is 0.276. The molecule has 216 valence electrons. The Balaban J connectivity index is 1.75. The monoisotopic (exact) mass is 575 g/mol. The summed E-state index contributed by atoms with van der Waals surface area (Å²) >= 11 is 0. The molecule has 4 aromatic rings. The molecule has 4 rings (SSSR count). The predicted octanol–water partition coefficient (Wildman–Crippen LogP) is 5.14. The van der Waals surface area contributed by atoms with Crippen molar-refractivity contribution in [3.63, 3.8) is 0 Å². The Morgan fingerprint density at radius 3 is 2.27 bits per heavy atom. The van der Waals surface area contributed by atoms with Gasteiger partial charge in [0.2, 0.25) is 5.95 Å². The zero-order valence-corrected chi connectivity index (χ0v) is 22.4. The van der Waals surface area contributed by atoms with E-state index in [0.717, 1.165) is 30.3 Å². The molecule has 41 heavy (non-hydrogen) atoms. The van der Waals surface area contributed by atoms with Gasteiger partial charge in [-0.2, -0.15) is 4.39 Å². The molecule has 0 aliphatic heterocycles. The Bertz CT molecular complexity index is 1620. The molecule has 0 fully saturated rings. The lowest BCUT2D eigenvalue weighted by molar-refractivity contribution is -0.101. The number of hydrogen-bond donors (Lipinski definition) is 3. The zero-order chi connectivity index (χ0) is 30.3. The zero-order valence-electron chi connectivity index (χ0n) is 22.4. The second-order valence-electron chi connectivity index (χ2n) is 10.0. The van der Waals surface area contributed by atoms with Crippen LogP contribution in [0.4, 0.5) is 22.0 Å². The number of carbonyl (C=O) groups is 1. The number of nitrogens with zero attached hydrogens (tertiary/aromatic N) is 2. The summed E-state index contributed by atoms with van der Waals surface area (Å²) in [6.45, 7) is 2.82. The van der Waals surface area contributed by atoms with Crippen LogP contribution < -0.4 is 10.1 Å². The number of rotatable bonds is 8. The molecule has 12 heteroatoms. The Morgan fingerprint density at radius 1 is 1.02 bits per heavy atom. The molecule has 0 aliphatic carbocycles. The Morgan fingerprint density at radius 2 is 1.68 bits per heavy atom. The van der Waals surface area contributed by atoms with Crippen LogP contribution in [0, 0.1) is 24.5 Å². The molecule has 0 spiro atoms. The topological polar surface area (TPSA) is 105 Å². The van der Waals surface area contributed by atoms with Gasteiger partial charge in [-0.25, -0.2) is 27.5 Å². The second kappa shape index (κ2) is 11.0. The van der Waals surface area contributed by atoms with Gasteiger partial charge in [-0.3, -0.25) is 4.79 Å². The van der Waals surface area contributed by atoms with E-state index in [1.54, 1.807) is 0 Å². The fourth-order valence-electron chi connectivity index (χ4n) is 4.22. The van der Waals surface area contributed by atoms with Gasteiger partial charge in [-0.05, 0) is 69.3 Å². The van der Waals surface area contributed by atoms with E-state index in [-0.39, 0.29) is 28.0 Å². The number of benzene rings is 2. The van der Waals surface area contributed by atoms with Crippen molar-refractivity contribution in [2.75, 3.05) is 13.7 Å². The second-order valence-corrected chi connectivity index (χ2v) is 10.0. The summed E-state index contributed by atoms with van der Waals surface area (Å²) in [5.74, 6) is -3.27. The molecule has 0 aliphatic rings. The summed E-state index contributed by atoms with van der Waals surface area (Å²) in [6.07, 6.45) is -3.53. The van der Waals surface area contributed by atoms with Crippen molar-refractivity contribution in [2.45, 2.75) is 38.4 Å². The SMILES string of the molecule is COc1cc(C(=O)NC[C@](O)(c2cc(C(C)(C)O)c(F)c(-c3ccc(F)cc3)n2)C(F)F)cc2cc(C)c(F)nc12. The summed E-state index contributed by atoms with van der Waals surface area (Å²) in [6, 6.07) is 9.16. The Labute approximate surface area is 231 Å². The number of aromatic nitrogens is 2. The molecule has 0 saturated carbocycles. The number of aliphatic hydroxyl groups is 2. The number of alkyl halides is 2. The van der Waals surface area contributed by atoms with Gasteiger partial charge in [-0.15, -0.1) is 0 Å². The first-order valence-corrected chi connectivity index (χ1v) is 12.3. The molecule has 0 radical (unpaired) electrons. The van der Waals surface area contributed by atoms with Crippen LogP contribution in [0.3, 0.4) is 0 Å². The van der Waals surface area contributed by atoms with E-state index in [9.17, 15) is 32.6 Å². The minimum absolute atomic E-state index is 0.000463. The number of carbonyl (C=O) groups excluding carboxylic acids is 1. The van der Waals surface area contributed by atoms with Gasteiger partial charge in [0.05, 0.1) is 24.9 Å². The van der Waals surface area contributed by atoms with Crippen LogP contribution in [0.25, 0.3) is 22.2 Å². The Kier molecular flexibility index (Phi) is 8.01. The van der Waals surface area contributed by atoms with E-state index in [0.29, 0.717) is 5.39 Å². The highest BCUT2D eigenvalue weighted by Gasteiger charge is 2.43. The normalized spacial score (nSPS) is 13.4. The number of nitrogens with one attached hydrogen (secondary N) is 1. The van der Waals surface area contributed by atoms with E-state index < -0.39 is 64.6 Å². The van der Waals surface area contributed by atoms with Crippen molar-refractivity contribution >= 4 is 16.8 Å². The number of methoxy groups -OCH3 is 1. The smallest absolute Gasteiger partial charge is 0.274 e. The van der Waals surface area contributed by atoms with Gasteiger partial charge < -0.3 is 20.3 Å². The summed E-state index contributed by atoms with van der Waals surface area (Å²) in [5.41, 5.74) is -6.46. The van der Waals surface area contributed by atoms with Crippen LogP contribution in [0.5, 0.6) is 5.75 Å². The van der Waals surface area contributed by atoms with Crippen molar-refractivity contribution in [3.8, 4) is 17.0 Å². The third kappa shape index (κ3) is 5.84. The Hall–Kier alpha value is -4.16. The maximum Gasteiger partial charge on any atom is 0.274 e. The van der Waals surface area contributed by atoms with Crippen molar-refractivity contribution in [2.24, 2.45) is 0 Å².